The lowest BCUT2D eigenvalue weighted by molar-refractivity contribution is 0.0378. The first-order valence-electron chi connectivity index (χ1n) is 9.64. The minimum absolute atomic E-state index is 0.169. The number of ether oxygens (including phenoxy) is 1. The highest BCUT2D eigenvalue weighted by Crippen LogP contribution is 2.27. The van der Waals surface area contributed by atoms with Gasteiger partial charge < -0.3 is 24.9 Å². The highest BCUT2D eigenvalue weighted by molar-refractivity contribution is 5.79. The molecule has 0 radical (unpaired) electrons. The van der Waals surface area contributed by atoms with E-state index in [0.29, 0.717) is 18.3 Å². The number of aryl methyl sites for hydroxylation is 1. The summed E-state index contributed by atoms with van der Waals surface area (Å²) in [5.74, 6) is 2.80. The van der Waals surface area contributed by atoms with E-state index in [4.69, 9.17) is 14.1 Å². The Kier molecular flexibility index (Phi) is 7.13. The molecule has 154 valence electrons. The monoisotopic (exact) mass is 387 g/mol. The lowest BCUT2D eigenvalue weighted by Gasteiger charge is -2.26. The van der Waals surface area contributed by atoms with Gasteiger partial charge in [-0.2, -0.15) is 0 Å². The minimum atomic E-state index is -1.13. The number of aliphatic imine (C=N–C) groups is 1. The number of nitrogens with zero attached hydrogens (tertiary/aromatic N) is 1. The van der Waals surface area contributed by atoms with Crippen molar-refractivity contribution in [1.29, 1.82) is 0 Å². The second-order valence-corrected chi connectivity index (χ2v) is 7.85. The van der Waals surface area contributed by atoms with E-state index in [1.165, 1.54) is 0 Å². The summed E-state index contributed by atoms with van der Waals surface area (Å²) < 4.78 is 10.9. The zero-order valence-electron chi connectivity index (χ0n) is 17.8. The number of hydrogen-bond acceptors (Lipinski definition) is 4. The summed E-state index contributed by atoms with van der Waals surface area (Å²) in [6.07, 6.45) is 0. The Morgan fingerprint density at radius 1 is 1.18 bits per heavy atom. The molecule has 1 aromatic heterocycles. The van der Waals surface area contributed by atoms with Crippen LogP contribution >= 0.6 is 0 Å². The van der Waals surface area contributed by atoms with Crippen molar-refractivity contribution in [2.75, 3.05) is 26.7 Å². The van der Waals surface area contributed by atoms with Crippen LogP contribution < -0.4 is 15.4 Å². The molecule has 1 atom stereocenters. The number of rotatable bonds is 8. The molecule has 0 aliphatic rings. The number of benzene rings is 1. The number of hydrogen-bond donors (Lipinski definition) is 3. The van der Waals surface area contributed by atoms with Crippen LogP contribution in [-0.2, 0) is 11.0 Å². The van der Waals surface area contributed by atoms with Crippen LogP contribution in [0.2, 0.25) is 0 Å². The van der Waals surface area contributed by atoms with Crippen molar-refractivity contribution >= 4 is 5.96 Å². The van der Waals surface area contributed by atoms with Gasteiger partial charge in [0.15, 0.2) is 5.96 Å². The molecule has 1 aromatic carbocycles. The van der Waals surface area contributed by atoms with E-state index >= 15 is 0 Å². The average molecular weight is 388 g/mol. The molecule has 0 saturated carbocycles. The molecule has 0 fully saturated rings. The van der Waals surface area contributed by atoms with Crippen molar-refractivity contribution in [3.05, 3.63) is 53.5 Å². The number of guanidine groups is 1. The van der Waals surface area contributed by atoms with E-state index in [1.54, 1.807) is 20.1 Å². The third kappa shape index (κ3) is 5.76. The Morgan fingerprint density at radius 2 is 1.93 bits per heavy atom. The minimum Gasteiger partial charge on any atom is -0.497 e. The largest absolute Gasteiger partial charge is 0.497 e. The van der Waals surface area contributed by atoms with Crippen LogP contribution in [0.15, 0.2) is 45.8 Å². The molecule has 0 spiro atoms. The molecule has 28 heavy (non-hydrogen) atoms. The van der Waals surface area contributed by atoms with Gasteiger partial charge in [0.2, 0.25) is 0 Å². The van der Waals surface area contributed by atoms with E-state index in [2.05, 4.69) is 30.5 Å². The first-order chi connectivity index (χ1) is 13.2. The predicted molar refractivity (Wildman–Crippen MR) is 113 cm³/mol. The van der Waals surface area contributed by atoms with Gasteiger partial charge in [-0.05, 0) is 50.6 Å². The molecule has 3 N–H and O–H groups in total. The summed E-state index contributed by atoms with van der Waals surface area (Å²) in [5.41, 5.74) is -0.144. The van der Waals surface area contributed by atoms with E-state index in [-0.39, 0.29) is 12.0 Å². The fourth-order valence-electron chi connectivity index (χ4n) is 2.82. The molecule has 0 aliphatic heterocycles. The maximum Gasteiger partial charge on any atom is 0.191 e. The van der Waals surface area contributed by atoms with Crippen LogP contribution in [0, 0.1) is 6.92 Å². The zero-order valence-corrected chi connectivity index (χ0v) is 17.8. The molecular formula is C22H33N3O3. The Labute approximate surface area is 168 Å². The maximum atomic E-state index is 10.7. The fourth-order valence-corrected chi connectivity index (χ4v) is 2.82. The topological polar surface area (TPSA) is 79.0 Å². The Morgan fingerprint density at radius 3 is 2.54 bits per heavy atom. The maximum absolute atomic E-state index is 10.7. The van der Waals surface area contributed by atoms with Crippen LogP contribution in [0.4, 0.5) is 0 Å². The highest BCUT2D eigenvalue weighted by atomic mass is 16.5. The van der Waals surface area contributed by atoms with Crippen LogP contribution in [0.1, 0.15) is 44.8 Å². The van der Waals surface area contributed by atoms with Crippen molar-refractivity contribution in [3.8, 4) is 5.75 Å². The zero-order chi connectivity index (χ0) is 20.8. The molecule has 2 rings (SSSR count). The van der Waals surface area contributed by atoms with Crippen molar-refractivity contribution in [2.24, 2.45) is 4.99 Å². The van der Waals surface area contributed by atoms with Gasteiger partial charge in [0.25, 0.3) is 0 Å². The summed E-state index contributed by atoms with van der Waals surface area (Å²) in [7, 11) is 1.67. The van der Waals surface area contributed by atoms with Gasteiger partial charge in [-0.25, -0.2) is 0 Å². The normalized spacial score (nSPS) is 14.5. The Hall–Kier alpha value is -2.47. The Bertz CT molecular complexity index is 794. The van der Waals surface area contributed by atoms with Gasteiger partial charge in [0.1, 0.15) is 22.9 Å². The van der Waals surface area contributed by atoms with Crippen molar-refractivity contribution in [3.63, 3.8) is 0 Å². The Balaban J connectivity index is 2.08. The third-order valence-electron chi connectivity index (χ3n) is 4.70. The quantitative estimate of drug-likeness (QED) is 0.478. The van der Waals surface area contributed by atoms with E-state index in [0.717, 1.165) is 23.6 Å². The van der Waals surface area contributed by atoms with E-state index < -0.39 is 5.60 Å². The van der Waals surface area contributed by atoms with Gasteiger partial charge in [-0.1, -0.05) is 26.0 Å². The molecule has 0 bridgehead atoms. The number of nitrogens with one attached hydrogen (secondary N) is 2. The van der Waals surface area contributed by atoms with Crippen LogP contribution in [0.5, 0.6) is 5.75 Å². The van der Waals surface area contributed by atoms with Gasteiger partial charge in [0.05, 0.1) is 20.2 Å². The summed E-state index contributed by atoms with van der Waals surface area (Å²) >= 11 is 0. The molecule has 0 amide bonds. The van der Waals surface area contributed by atoms with Crippen molar-refractivity contribution in [1.82, 2.24) is 10.6 Å². The van der Waals surface area contributed by atoms with E-state index in [1.807, 2.05) is 38.1 Å². The molecule has 2 aromatic rings. The van der Waals surface area contributed by atoms with Crippen LogP contribution in [-0.4, -0.2) is 37.8 Å². The lowest BCUT2D eigenvalue weighted by atomic mass is 9.85. The number of methoxy groups -OCH3 is 1. The summed E-state index contributed by atoms with van der Waals surface area (Å²) in [6, 6.07) is 11.7. The first-order valence-corrected chi connectivity index (χ1v) is 9.64. The van der Waals surface area contributed by atoms with Gasteiger partial charge in [-0.15, -0.1) is 0 Å². The molecule has 0 aliphatic carbocycles. The molecule has 0 saturated heterocycles. The van der Waals surface area contributed by atoms with Crippen LogP contribution in [0.3, 0.4) is 0 Å². The first kappa shape index (κ1) is 21.8. The standard InChI is InChI=1S/C22H33N3O3/c1-7-23-20(25-15-22(5,26)19-12-11-16(2)28-19)24-14-21(3,4)17-9-8-10-18(13-17)27-6/h8-13,26H,7,14-15H2,1-6H3,(H2,23,24,25). The van der Waals surface area contributed by atoms with Crippen molar-refractivity contribution in [2.45, 2.75) is 45.6 Å². The summed E-state index contributed by atoms with van der Waals surface area (Å²) in [6.45, 7) is 11.5. The van der Waals surface area contributed by atoms with Gasteiger partial charge in [-0.3, -0.25) is 4.99 Å². The van der Waals surface area contributed by atoms with Gasteiger partial charge in [0, 0.05) is 12.0 Å². The van der Waals surface area contributed by atoms with Crippen molar-refractivity contribution < 1.29 is 14.3 Å². The SMILES string of the molecule is CCNC(=NCC(C)(C)c1cccc(OC)c1)NCC(C)(O)c1ccc(C)o1. The second-order valence-electron chi connectivity index (χ2n) is 7.85. The molecule has 1 unspecified atom stereocenters. The molecular weight excluding hydrogens is 354 g/mol. The smallest absolute Gasteiger partial charge is 0.191 e. The second kappa shape index (κ2) is 9.15. The fraction of sp³-hybridized carbons (Fsp3) is 0.500. The summed E-state index contributed by atoms with van der Waals surface area (Å²) in [5, 5.41) is 17.2. The molecule has 6 heteroatoms. The average Bonchev–Trinajstić information content (AvgIpc) is 3.11. The third-order valence-corrected chi connectivity index (χ3v) is 4.70. The van der Waals surface area contributed by atoms with Gasteiger partial charge >= 0.3 is 0 Å². The van der Waals surface area contributed by atoms with Crippen LogP contribution in [0.25, 0.3) is 0 Å². The molecule has 1 heterocycles. The number of aliphatic hydroxyl groups is 1. The van der Waals surface area contributed by atoms with E-state index in [9.17, 15) is 5.11 Å². The number of furan rings is 1. The summed E-state index contributed by atoms with van der Waals surface area (Å²) in [4.78, 5) is 4.73. The predicted octanol–water partition coefficient (Wildman–Crippen LogP) is 3.34. The molecule has 6 nitrogen and oxygen atoms in total. The lowest BCUT2D eigenvalue weighted by Crippen LogP contribution is -2.45. The highest BCUT2D eigenvalue weighted by Gasteiger charge is 2.27.